The first kappa shape index (κ1) is 15.6. The highest BCUT2D eigenvalue weighted by atomic mass is 16.6. The quantitative estimate of drug-likeness (QED) is 0.644. The van der Waals surface area contributed by atoms with Crippen LogP contribution in [0.4, 0.5) is 5.69 Å². The summed E-state index contributed by atoms with van der Waals surface area (Å²) in [6, 6.07) is 4.59. The highest BCUT2D eigenvalue weighted by molar-refractivity contribution is 5.50. The molecule has 1 saturated carbocycles. The van der Waals surface area contributed by atoms with Gasteiger partial charge in [0.05, 0.1) is 18.6 Å². The Bertz CT molecular complexity index is 493. The smallest absolute Gasteiger partial charge is 0.311 e. The van der Waals surface area contributed by atoms with E-state index < -0.39 is 4.92 Å². The molecule has 1 aromatic rings. The van der Waals surface area contributed by atoms with E-state index in [9.17, 15) is 10.1 Å². The van der Waals surface area contributed by atoms with Gasteiger partial charge in [-0.3, -0.25) is 10.1 Å². The minimum atomic E-state index is -0.464. The molecule has 116 valence electrons. The van der Waals surface area contributed by atoms with Gasteiger partial charge in [0, 0.05) is 12.1 Å². The zero-order valence-corrected chi connectivity index (χ0v) is 12.3. The van der Waals surface area contributed by atoms with E-state index in [-0.39, 0.29) is 11.4 Å². The number of benzene rings is 1. The van der Waals surface area contributed by atoms with E-state index in [4.69, 9.17) is 15.2 Å². The van der Waals surface area contributed by atoms with E-state index in [0.717, 1.165) is 12.8 Å². The molecule has 0 saturated heterocycles. The molecular formula is C15H22N2O4. The molecule has 0 heterocycles. The van der Waals surface area contributed by atoms with Crippen LogP contribution in [-0.2, 0) is 0 Å². The summed E-state index contributed by atoms with van der Waals surface area (Å²) in [5.74, 6) is 1.79. The number of hydrogen-bond acceptors (Lipinski definition) is 5. The lowest BCUT2D eigenvalue weighted by Gasteiger charge is -2.30. The van der Waals surface area contributed by atoms with E-state index in [2.05, 4.69) is 0 Å². The fourth-order valence-electron chi connectivity index (χ4n) is 2.92. The van der Waals surface area contributed by atoms with Crippen LogP contribution in [0, 0.1) is 22.0 Å². The summed E-state index contributed by atoms with van der Waals surface area (Å²) < 4.78 is 10.8. The lowest BCUT2D eigenvalue weighted by molar-refractivity contribution is -0.385. The van der Waals surface area contributed by atoms with Crippen molar-refractivity contribution in [3.63, 3.8) is 0 Å². The van der Waals surface area contributed by atoms with Crippen molar-refractivity contribution in [2.75, 3.05) is 20.3 Å². The molecule has 21 heavy (non-hydrogen) atoms. The molecule has 0 radical (unpaired) electrons. The highest BCUT2D eigenvalue weighted by Gasteiger charge is 2.24. The minimum Gasteiger partial charge on any atom is -0.493 e. The minimum absolute atomic E-state index is 0.0534. The molecule has 1 aromatic carbocycles. The van der Waals surface area contributed by atoms with Crippen molar-refractivity contribution in [1.29, 1.82) is 0 Å². The maximum atomic E-state index is 10.8. The van der Waals surface area contributed by atoms with Crippen molar-refractivity contribution in [1.82, 2.24) is 0 Å². The molecule has 1 fully saturated rings. The summed E-state index contributed by atoms with van der Waals surface area (Å²) in [6.45, 7) is 1.29. The van der Waals surface area contributed by atoms with Crippen molar-refractivity contribution < 1.29 is 14.4 Å². The zero-order chi connectivity index (χ0) is 15.2. The van der Waals surface area contributed by atoms with E-state index in [1.165, 1.54) is 26.0 Å². The van der Waals surface area contributed by atoms with Crippen LogP contribution < -0.4 is 15.2 Å². The Balaban J connectivity index is 2.01. The van der Waals surface area contributed by atoms with Gasteiger partial charge in [-0.1, -0.05) is 12.8 Å². The molecule has 2 N–H and O–H groups in total. The van der Waals surface area contributed by atoms with Crippen molar-refractivity contribution in [2.24, 2.45) is 17.6 Å². The van der Waals surface area contributed by atoms with Crippen molar-refractivity contribution in [2.45, 2.75) is 25.7 Å². The molecular weight excluding hydrogens is 272 g/mol. The van der Waals surface area contributed by atoms with Crippen molar-refractivity contribution in [3.8, 4) is 11.5 Å². The lowest BCUT2D eigenvalue weighted by Crippen LogP contribution is -2.30. The van der Waals surface area contributed by atoms with Gasteiger partial charge in [-0.25, -0.2) is 0 Å². The average molecular weight is 294 g/mol. The molecule has 1 aliphatic carbocycles. The number of methoxy groups -OCH3 is 1. The van der Waals surface area contributed by atoms with Gasteiger partial charge in [-0.2, -0.15) is 0 Å². The standard InChI is InChI=1S/C15H22N2O4/c1-20-15-8-13(6-7-14(15)17(18)19)21-10-12-5-3-2-4-11(12)9-16/h6-8,11-12H,2-5,9-10,16H2,1H3. The summed E-state index contributed by atoms with van der Waals surface area (Å²) in [5.41, 5.74) is 5.76. The molecule has 0 aliphatic heterocycles. The van der Waals surface area contributed by atoms with Crippen LogP contribution in [0.3, 0.4) is 0 Å². The second kappa shape index (κ2) is 7.26. The summed E-state index contributed by atoms with van der Waals surface area (Å²) >= 11 is 0. The molecule has 0 amide bonds. The SMILES string of the molecule is COc1cc(OCC2CCCCC2CN)ccc1[N+](=O)[O-]. The summed E-state index contributed by atoms with van der Waals surface area (Å²) in [4.78, 5) is 10.4. The summed E-state index contributed by atoms with van der Waals surface area (Å²) in [5, 5.41) is 10.8. The number of nitrogens with two attached hydrogens (primary N) is 1. The zero-order valence-electron chi connectivity index (χ0n) is 12.3. The third-order valence-corrected chi connectivity index (χ3v) is 4.18. The first-order valence-corrected chi connectivity index (χ1v) is 7.31. The Hall–Kier alpha value is -1.82. The Labute approximate surface area is 124 Å². The number of nitrogens with zero attached hydrogens (tertiary/aromatic N) is 1. The summed E-state index contributed by atoms with van der Waals surface area (Å²) in [6.07, 6.45) is 4.75. The van der Waals surface area contributed by atoms with Gasteiger partial charge in [0.2, 0.25) is 5.75 Å². The fourth-order valence-corrected chi connectivity index (χ4v) is 2.92. The van der Waals surface area contributed by atoms with Gasteiger partial charge in [0.25, 0.3) is 0 Å². The highest BCUT2D eigenvalue weighted by Crippen LogP contribution is 2.33. The Morgan fingerprint density at radius 2 is 2.05 bits per heavy atom. The normalized spacial score (nSPS) is 21.8. The van der Waals surface area contributed by atoms with Crippen LogP contribution >= 0.6 is 0 Å². The van der Waals surface area contributed by atoms with Crippen LogP contribution in [0.15, 0.2) is 18.2 Å². The topological polar surface area (TPSA) is 87.6 Å². The van der Waals surface area contributed by atoms with E-state index in [0.29, 0.717) is 30.7 Å². The van der Waals surface area contributed by atoms with Crippen LogP contribution in [0.25, 0.3) is 0 Å². The molecule has 2 rings (SSSR count). The predicted octanol–water partition coefficient (Wildman–Crippen LogP) is 2.75. The lowest BCUT2D eigenvalue weighted by atomic mass is 9.80. The molecule has 1 aliphatic rings. The van der Waals surface area contributed by atoms with Gasteiger partial charge < -0.3 is 15.2 Å². The maximum absolute atomic E-state index is 10.8. The van der Waals surface area contributed by atoms with Crippen molar-refractivity contribution in [3.05, 3.63) is 28.3 Å². The predicted molar refractivity (Wildman–Crippen MR) is 79.6 cm³/mol. The third kappa shape index (κ3) is 3.85. The molecule has 0 bridgehead atoms. The van der Waals surface area contributed by atoms with Gasteiger partial charge in [0.15, 0.2) is 0 Å². The first-order chi connectivity index (χ1) is 10.2. The molecule has 2 atom stereocenters. The van der Waals surface area contributed by atoms with Crippen LogP contribution in [0.2, 0.25) is 0 Å². The Kier molecular flexibility index (Phi) is 5.38. The maximum Gasteiger partial charge on any atom is 0.311 e. The van der Waals surface area contributed by atoms with E-state index in [1.807, 2.05) is 0 Å². The van der Waals surface area contributed by atoms with Gasteiger partial charge in [-0.15, -0.1) is 0 Å². The summed E-state index contributed by atoms with van der Waals surface area (Å²) in [7, 11) is 1.41. The average Bonchev–Trinajstić information content (AvgIpc) is 2.52. The Morgan fingerprint density at radius 3 is 2.67 bits per heavy atom. The van der Waals surface area contributed by atoms with Gasteiger partial charge in [-0.05, 0) is 37.3 Å². The third-order valence-electron chi connectivity index (χ3n) is 4.18. The second-order valence-corrected chi connectivity index (χ2v) is 5.44. The first-order valence-electron chi connectivity index (χ1n) is 7.31. The van der Waals surface area contributed by atoms with Crippen molar-refractivity contribution >= 4 is 5.69 Å². The number of nitro groups is 1. The fraction of sp³-hybridized carbons (Fsp3) is 0.600. The van der Waals surface area contributed by atoms with Gasteiger partial charge in [0.1, 0.15) is 5.75 Å². The molecule has 6 nitrogen and oxygen atoms in total. The number of hydrogen-bond donors (Lipinski definition) is 1. The molecule has 2 unspecified atom stereocenters. The number of rotatable bonds is 6. The molecule has 0 aromatic heterocycles. The largest absolute Gasteiger partial charge is 0.493 e. The molecule has 6 heteroatoms. The van der Waals surface area contributed by atoms with Crippen LogP contribution in [-0.4, -0.2) is 25.2 Å². The van der Waals surface area contributed by atoms with Crippen LogP contribution in [0.5, 0.6) is 11.5 Å². The Morgan fingerprint density at radius 1 is 1.33 bits per heavy atom. The van der Waals surface area contributed by atoms with E-state index >= 15 is 0 Å². The van der Waals surface area contributed by atoms with Crippen LogP contribution in [0.1, 0.15) is 25.7 Å². The number of nitro benzene ring substituents is 1. The number of ether oxygens (including phenoxy) is 2. The monoisotopic (exact) mass is 294 g/mol. The molecule has 0 spiro atoms. The van der Waals surface area contributed by atoms with E-state index in [1.54, 1.807) is 12.1 Å². The van der Waals surface area contributed by atoms with Gasteiger partial charge >= 0.3 is 5.69 Å². The second-order valence-electron chi connectivity index (χ2n) is 5.44.